The number of hydrogen-bond acceptors (Lipinski definition) is 2. The van der Waals surface area contributed by atoms with Crippen LogP contribution in [0.3, 0.4) is 0 Å². The molecule has 0 fully saturated rings. The summed E-state index contributed by atoms with van der Waals surface area (Å²) < 4.78 is 2.23. The van der Waals surface area contributed by atoms with E-state index < -0.39 is 0 Å². The van der Waals surface area contributed by atoms with Crippen molar-refractivity contribution in [2.45, 2.75) is 6.54 Å². The highest BCUT2D eigenvalue weighted by Gasteiger charge is 2.14. The number of amides is 1. The Labute approximate surface area is 107 Å². The smallest absolute Gasteiger partial charge is 0.270 e. The molecule has 0 aromatic carbocycles. The Bertz CT molecular complexity index is 504. The number of aromatic amines is 1. The van der Waals surface area contributed by atoms with Crippen LogP contribution in [0.4, 0.5) is 0 Å². The Hall–Kier alpha value is -1.69. The molecule has 2 N–H and O–H groups in total. The van der Waals surface area contributed by atoms with Gasteiger partial charge in [-0.3, -0.25) is 9.48 Å². The lowest BCUT2D eigenvalue weighted by atomic mass is 10.2. The van der Waals surface area contributed by atoms with E-state index in [0.29, 0.717) is 16.7 Å². The highest BCUT2D eigenvalue weighted by atomic mass is 79.9. The van der Waals surface area contributed by atoms with E-state index in [1.165, 1.54) is 4.68 Å². The number of halogens is 1. The Morgan fingerprint density at radius 1 is 1.53 bits per heavy atom. The first-order chi connectivity index (χ1) is 8.18. The summed E-state index contributed by atoms with van der Waals surface area (Å²) in [6.07, 6.45) is 5.25. The molecular formula is C11H12BrN4O+. The second kappa shape index (κ2) is 5.09. The molecular weight excluding hydrogens is 284 g/mol. The minimum Gasteiger partial charge on any atom is -0.347 e. The standard InChI is InChI=1S/C11H11BrN4O/c1-16-10(9(12)7-15-16)11(17)14-6-8-2-4-13-5-3-8/h2-5,7H,6H2,1H3,(H,14,17)/p+1. The normalized spacial score (nSPS) is 10.2. The van der Waals surface area contributed by atoms with E-state index in [0.717, 1.165) is 5.56 Å². The maximum absolute atomic E-state index is 11.9. The van der Waals surface area contributed by atoms with Gasteiger partial charge in [0.15, 0.2) is 12.4 Å². The molecule has 0 saturated carbocycles. The summed E-state index contributed by atoms with van der Waals surface area (Å²) in [7, 11) is 1.73. The van der Waals surface area contributed by atoms with Crippen molar-refractivity contribution in [3.63, 3.8) is 0 Å². The van der Waals surface area contributed by atoms with Crippen molar-refractivity contribution < 1.29 is 9.78 Å². The summed E-state index contributed by atoms with van der Waals surface area (Å²) in [5.74, 6) is -0.148. The SMILES string of the molecule is Cn1ncc(Br)c1C(=O)NCc1cc[nH+]cc1. The van der Waals surface area contributed by atoms with Gasteiger partial charge in [0, 0.05) is 25.7 Å². The van der Waals surface area contributed by atoms with Crippen molar-refractivity contribution >= 4 is 21.8 Å². The topological polar surface area (TPSA) is 61.1 Å². The quantitative estimate of drug-likeness (QED) is 0.916. The van der Waals surface area contributed by atoms with Crippen molar-refractivity contribution in [3.8, 4) is 0 Å². The second-order valence-electron chi connectivity index (χ2n) is 3.56. The molecule has 88 valence electrons. The maximum Gasteiger partial charge on any atom is 0.270 e. The van der Waals surface area contributed by atoms with Crippen LogP contribution in [-0.2, 0) is 13.6 Å². The van der Waals surface area contributed by atoms with Crippen molar-refractivity contribution in [1.82, 2.24) is 15.1 Å². The minimum absolute atomic E-state index is 0.148. The molecule has 1 amide bonds. The highest BCUT2D eigenvalue weighted by Crippen LogP contribution is 2.14. The predicted molar refractivity (Wildman–Crippen MR) is 65.1 cm³/mol. The Morgan fingerprint density at radius 3 is 2.82 bits per heavy atom. The largest absolute Gasteiger partial charge is 0.347 e. The first kappa shape index (κ1) is 11.8. The number of H-pyrrole nitrogens is 1. The molecule has 2 aromatic rings. The van der Waals surface area contributed by atoms with Gasteiger partial charge in [0.1, 0.15) is 5.69 Å². The molecule has 0 aliphatic carbocycles. The van der Waals surface area contributed by atoms with Gasteiger partial charge in [-0.15, -0.1) is 0 Å². The van der Waals surface area contributed by atoms with E-state index in [1.807, 2.05) is 24.5 Å². The number of nitrogens with one attached hydrogen (secondary N) is 2. The van der Waals surface area contributed by atoms with Gasteiger partial charge in [-0.2, -0.15) is 5.10 Å². The van der Waals surface area contributed by atoms with Crippen molar-refractivity contribution in [3.05, 3.63) is 46.5 Å². The molecule has 0 saturated heterocycles. The maximum atomic E-state index is 11.9. The molecule has 2 aromatic heterocycles. The van der Waals surface area contributed by atoms with Crippen molar-refractivity contribution in [1.29, 1.82) is 0 Å². The summed E-state index contributed by atoms with van der Waals surface area (Å²) in [5, 5.41) is 6.84. The van der Waals surface area contributed by atoms with E-state index in [4.69, 9.17) is 0 Å². The molecule has 0 radical (unpaired) electrons. The lowest BCUT2D eigenvalue weighted by Crippen LogP contribution is -2.25. The van der Waals surface area contributed by atoms with E-state index >= 15 is 0 Å². The first-order valence-corrected chi connectivity index (χ1v) is 5.88. The average Bonchev–Trinajstić information content (AvgIpc) is 2.67. The van der Waals surface area contributed by atoms with Gasteiger partial charge in [0.25, 0.3) is 5.91 Å². The van der Waals surface area contributed by atoms with Gasteiger partial charge in [0.05, 0.1) is 10.7 Å². The summed E-state index contributed by atoms with van der Waals surface area (Å²) in [4.78, 5) is 14.8. The zero-order chi connectivity index (χ0) is 12.3. The van der Waals surface area contributed by atoms with E-state index in [2.05, 4.69) is 31.3 Å². The summed E-state index contributed by atoms with van der Waals surface area (Å²) >= 11 is 3.29. The van der Waals surface area contributed by atoms with Crippen LogP contribution in [-0.4, -0.2) is 15.7 Å². The molecule has 0 unspecified atom stereocenters. The van der Waals surface area contributed by atoms with Crippen LogP contribution in [0.15, 0.2) is 35.2 Å². The number of rotatable bonds is 3. The third-order valence-electron chi connectivity index (χ3n) is 2.35. The molecule has 0 bridgehead atoms. The molecule has 0 atom stereocenters. The lowest BCUT2D eigenvalue weighted by Gasteiger charge is -2.05. The molecule has 17 heavy (non-hydrogen) atoms. The number of pyridine rings is 1. The Morgan fingerprint density at radius 2 is 2.24 bits per heavy atom. The number of hydrogen-bond donors (Lipinski definition) is 1. The number of nitrogens with zero attached hydrogens (tertiary/aromatic N) is 2. The molecule has 0 aliphatic heterocycles. The first-order valence-electron chi connectivity index (χ1n) is 5.09. The fourth-order valence-corrected chi connectivity index (χ4v) is 2.00. The van der Waals surface area contributed by atoms with Gasteiger partial charge in [0.2, 0.25) is 0 Å². The zero-order valence-electron chi connectivity index (χ0n) is 9.27. The number of aryl methyl sites for hydroxylation is 1. The molecule has 2 rings (SSSR count). The summed E-state index contributed by atoms with van der Waals surface area (Å²) in [6, 6.07) is 3.83. The van der Waals surface area contributed by atoms with Crippen LogP contribution in [0.5, 0.6) is 0 Å². The molecule has 5 nitrogen and oxygen atoms in total. The van der Waals surface area contributed by atoms with Gasteiger partial charge in [-0.25, -0.2) is 4.98 Å². The highest BCUT2D eigenvalue weighted by molar-refractivity contribution is 9.10. The molecule has 0 aliphatic rings. The minimum atomic E-state index is -0.148. The van der Waals surface area contributed by atoms with Gasteiger partial charge in [-0.1, -0.05) is 0 Å². The van der Waals surface area contributed by atoms with Crippen LogP contribution >= 0.6 is 15.9 Å². The molecule has 2 heterocycles. The van der Waals surface area contributed by atoms with Crippen LogP contribution in [0.2, 0.25) is 0 Å². The number of carbonyl (C=O) groups is 1. The summed E-state index contributed by atoms with van der Waals surface area (Å²) in [5.41, 5.74) is 1.56. The van der Waals surface area contributed by atoms with Crippen LogP contribution in [0.25, 0.3) is 0 Å². The van der Waals surface area contributed by atoms with E-state index in [1.54, 1.807) is 13.2 Å². The van der Waals surface area contributed by atoms with Crippen LogP contribution in [0.1, 0.15) is 16.1 Å². The third kappa shape index (κ3) is 2.71. The van der Waals surface area contributed by atoms with Crippen LogP contribution in [0, 0.1) is 0 Å². The molecule has 0 spiro atoms. The fourth-order valence-electron chi connectivity index (χ4n) is 1.47. The Kier molecular flexibility index (Phi) is 3.53. The summed E-state index contributed by atoms with van der Waals surface area (Å²) in [6.45, 7) is 0.491. The van der Waals surface area contributed by atoms with Crippen molar-refractivity contribution in [2.24, 2.45) is 7.05 Å². The third-order valence-corrected chi connectivity index (χ3v) is 2.93. The Balaban J connectivity index is 2.04. The van der Waals surface area contributed by atoms with E-state index in [9.17, 15) is 4.79 Å². The second-order valence-corrected chi connectivity index (χ2v) is 4.41. The lowest BCUT2D eigenvalue weighted by molar-refractivity contribution is -0.378. The molecule has 6 heteroatoms. The monoisotopic (exact) mass is 295 g/mol. The van der Waals surface area contributed by atoms with Crippen LogP contribution < -0.4 is 10.3 Å². The van der Waals surface area contributed by atoms with Gasteiger partial charge in [-0.05, 0) is 21.5 Å². The number of carbonyl (C=O) groups excluding carboxylic acids is 1. The number of aromatic nitrogens is 3. The van der Waals surface area contributed by atoms with Crippen molar-refractivity contribution in [2.75, 3.05) is 0 Å². The van der Waals surface area contributed by atoms with Gasteiger partial charge < -0.3 is 5.32 Å². The predicted octanol–water partition coefficient (Wildman–Crippen LogP) is 0.927. The fraction of sp³-hybridized carbons (Fsp3) is 0.182. The average molecular weight is 296 g/mol. The zero-order valence-corrected chi connectivity index (χ0v) is 10.9. The van der Waals surface area contributed by atoms with E-state index in [-0.39, 0.29) is 5.91 Å². The van der Waals surface area contributed by atoms with Gasteiger partial charge >= 0.3 is 0 Å².